The van der Waals surface area contributed by atoms with Crippen LogP contribution >= 0.6 is 0 Å². The molecule has 0 aliphatic heterocycles. The van der Waals surface area contributed by atoms with Gasteiger partial charge in [0.25, 0.3) is 0 Å². The van der Waals surface area contributed by atoms with Crippen molar-refractivity contribution >= 4 is 11.8 Å². The van der Waals surface area contributed by atoms with E-state index in [1.807, 2.05) is 58.9 Å². The van der Waals surface area contributed by atoms with Gasteiger partial charge in [0.1, 0.15) is 42.7 Å². The zero-order valence-corrected chi connectivity index (χ0v) is 27.4. The summed E-state index contributed by atoms with van der Waals surface area (Å²) < 4.78 is 16.7. The molecule has 2 aromatic carbocycles. The van der Waals surface area contributed by atoms with Crippen molar-refractivity contribution < 1.29 is 34.0 Å². The molecule has 0 amide bonds. The highest BCUT2D eigenvalue weighted by molar-refractivity contribution is 5.99. The van der Waals surface area contributed by atoms with Crippen molar-refractivity contribution in [1.29, 1.82) is 0 Å². The van der Waals surface area contributed by atoms with Gasteiger partial charge in [0, 0.05) is 49.1 Å². The zero-order chi connectivity index (χ0) is 32.3. The third-order valence-electron chi connectivity index (χ3n) is 6.98. The second-order valence-corrected chi connectivity index (χ2v) is 12.5. The maximum absolute atomic E-state index is 11.9. The molecule has 2 aromatic rings. The van der Waals surface area contributed by atoms with Crippen molar-refractivity contribution in [2.75, 3.05) is 26.3 Å². The van der Waals surface area contributed by atoms with E-state index < -0.39 is 12.2 Å². The second kappa shape index (κ2) is 16.8. The molecule has 9 nitrogen and oxygen atoms in total. The van der Waals surface area contributed by atoms with Gasteiger partial charge in [-0.2, -0.15) is 0 Å². The number of nitrogens with one attached hydrogen (secondary N) is 2. The van der Waals surface area contributed by atoms with E-state index in [1.165, 1.54) is 6.92 Å². The normalized spacial score (nSPS) is 14.4. The van der Waals surface area contributed by atoms with Crippen molar-refractivity contribution in [2.24, 2.45) is 0 Å². The van der Waals surface area contributed by atoms with Crippen molar-refractivity contribution in [3.05, 3.63) is 52.1 Å². The first-order chi connectivity index (χ1) is 20.1. The van der Waals surface area contributed by atoms with E-state index in [4.69, 9.17) is 14.2 Å². The lowest BCUT2D eigenvalue weighted by molar-refractivity contribution is -0.132. The second-order valence-electron chi connectivity index (χ2n) is 12.5. The molecule has 0 saturated carbocycles. The number of aliphatic hydroxyl groups excluding tert-OH is 2. The molecule has 1 unspecified atom stereocenters. The van der Waals surface area contributed by atoms with Crippen LogP contribution in [0.3, 0.4) is 0 Å². The lowest BCUT2D eigenvalue weighted by Gasteiger charge is -2.24. The van der Waals surface area contributed by atoms with Crippen LogP contribution in [-0.4, -0.2) is 72.1 Å². The smallest absolute Gasteiger partial charge is 0.308 e. The number of ether oxygens (including phenoxy) is 3. The minimum absolute atomic E-state index is 0.0285. The Morgan fingerprint density at radius 3 is 2.19 bits per heavy atom. The highest BCUT2D eigenvalue weighted by Crippen LogP contribution is 2.33. The van der Waals surface area contributed by atoms with Crippen LogP contribution in [0.15, 0.2) is 24.3 Å². The number of β-amino-alcohol motifs (C(OH)–C–C–N with tert-alkyl or cyclic N) is 1. The molecule has 2 atom stereocenters. The Kier molecular flexibility index (Phi) is 14.1. The van der Waals surface area contributed by atoms with E-state index in [9.17, 15) is 19.8 Å². The summed E-state index contributed by atoms with van der Waals surface area (Å²) in [6.45, 7) is 18.7. The Morgan fingerprint density at radius 2 is 1.58 bits per heavy atom. The van der Waals surface area contributed by atoms with E-state index in [2.05, 4.69) is 31.4 Å². The molecule has 1 aliphatic carbocycles. The van der Waals surface area contributed by atoms with Gasteiger partial charge < -0.3 is 35.1 Å². The lowest BCUT2D eigenvalue weighted by atomic mass is 9.90. The van der Waals surface area contributed by atoms with E-state index in [1.54, 1.807) is 0 Å². The standard InChI is InChI=1S/C17H27NO4.C17H25NO3/c1-10(2)18-8-15(20)9-21-16-7-11(3)17(22-14(6)19)13(5)12(16)4;1-17(2,3)18-10-12(19)11-21-16-9-5-6-13-14(16)7-4-8-15(13)20/h7,10,15,18,20H,8-9H2,1-6H3;5-6,9,12,18-19H,4,7-8,10-11H2,1-3H3/t;12-/m.0/s1. The Labute approximate surface area is 257 Å². The number of hydrogen-bond donors (Lipinski definition) is 4. The first-order valence-electron chi connectivity index (χ1n) is 15.1. The summed E-state index contributed by atoms with van der Waals surface area (Å²) in [5.74, 6) is 1.87. The largest absolute Gasteiger partial charge is 0.491 e. The minimum atomic E-state index is -0.574. The van der Waals surface area contributed by atoms with Gasteiger partial charge in [-0.25, -0.2) is 0 Å². The topological polar surface area (TPSA) is 126 Å². The zero-order valence-electron chi connectivity index (χ0n) is 27.4. The predicted octanol–water partition coefficient (Wildman–Crippen LogP) is 4.61. The number of aryl methyl sites for hydroxylation is 1. The monoisotopic (exact) mass is 600 g/mol. The number of esters is 1. The summed E-state index contributed by atoms with van der Waals surface area (Å²) in [5, 5.41) is 26.3. The number of fused-ring (bicyclic) bond motifs is 1. The van der Waals surface area contributed by atoms with Crippen LogP contribution in [0.5, 0.6) is 17.2 Å². The van der Waals surface area contributed by atoms with Gasteiger partial charge >= 0.3 is 5.97 Å². The van der Waals surface area contributed by atoms with Crippen molar-refractivity contribution in [3.63, 3.8) is 0 Å². The summed E-state index contributed by atoms with van der Waals surface area (Å²) in [7, 11) is 0. The summed E-state index contributed by atoms with van der Waals surface area (Å²) in [4.78, 5) is 23.0. The van der Waals surface area contributed by atoms with Crippen LogP contribution in [0.25, 0.3) is 0 Å². The molecule has 0 spiro atoms. The fraction of sp³-hybridized carbons (Fsp3) is 0.588. The van der Waals surface area contributed by atoms with Crippen molar-refractivity contribution in [3.8, 4) is 17.2 Å². The molecule has 0 radical (unpaired) electrons. The van der Waals surface area contributed by atoms with Crippen LogP contribution in [-0.2, 0) is 11.2 Å². The lowest BCUT2D eigenvalue weighted by Crippen LogP contribution is -2.42. The first kappa shape index (κ1) is 36.2. The molecule has 0 fully saturated rings. The summed E-state index contributed by atoms with van der Waals surface area (Å²) >= 11 is 0. The van der Waals surface area contributed by atoms with Crippen LogP contribution in [0.2, 0.25) is 0 Å². The molecule has 0 aromatic heterocycles. The molecule has 9 heteroatoms. The van der Waals surface area contributed by atoms with E-state index in [0.29, 0.717) is 37.1 Å². The number of rotatable bonds is 12. The Hall–Kier alpha value is -2.98. The van der Waals surface area contributed by atoms with Gasteiger partial charge in [0.05, 0.1) is 0 Å². The number of benzene rings is 2. The molecule has 240 valence electrons. The Balaban J connectivity index is 0.000000300. The third-order valence-corrected chi connectivity index (χ3v) is 6.98. The molecule has 0 bridgehead atoms. The van der Waals surface area contributed by atoms with Gasteiger partial charge in [-0.05, 0) is 83.2 Å². The van der Waals surface area contributed by atoms with E-state index in [0.717, 1.165) is 46.4 Å². The highest BCUT2D eigenvalue weighted by Gasteiger charge is 2.21. The van der Waals surface area contributed by atoms with E-state index in [-0.39, 0.29) is 30.5 Å². The molecular weight excluding hydrogens is 548 g/mol. The minimum Gasteiger partial charge on any atom is -0.491 e. The Morgan fingerprint density at radius 1 is 0.953 bits per heavy atom. The van der Waals surface area contributed by atoms with Gasteiger partial charge in [0.15, 0.2) is 5.78 Å². The van der Waals surface area contributed by atoms with Gasteiger partial charge in [-0.1, -0.05) is 26.0 Å². The SMILES string of the molecule is CC(=O)Oc1c(C)cc(OCC(O)CNC(C)C)c(C)c1C.CC(C)(C)NC[C@H](O)COc1cccc2c1CCCC2=O. The van der Waals surface area contributed by atoms with Crippen LogP contribution in [0.4, 0.5) is 0 Å². The summed E-state index contributed by atoms with van der Waals surface area (Å²) in [5.41, 5.74) is 4.36. The van der Waals surface area contributed by atoms with Crippen molar-refractivity contribution in [2.45, 2.75) is 105 Å². The third kappa shape index (κ3) is 12.3. The molecular formula is C34H52N2O7. The molecule has 1 aliphatic rings. The number of aliphatic hydroxyl groups is 2. The molecule has 0 saturated heterocycles. The molecule has 3 rings (SSSR count). The maximum atomic E-state index is 11.9. The fourth-order valence-electron chi connectivity index (χ4n) is 4.54. The van der Waals surface area contributed by atoms with Crippen LogP contribution in [0.1, 0.15) is 87.0 Å². The number of hydrogen-bond acceptors (Lipinski definition) is 9. The predicted molar refractivity (Wildman–Crippen MR) is 170 cm³/mol. The average molecular weight is 601 g/mol. The average Bonchev–Trinajstić information content (AvgIpc) is 2.93. The Bertz CT molecular complexity index is 1220. The number of Topliss-reactive ketones (excluding diaryl/α,β-unsaturated/α-hetero) is 1. The number of carbonyl (C=O) groups is 2. The molecule has 4 N–H and O–H groups in total. The van der Waals surface area contributed by atoms with Gasteiger partial charge in [-0.3, -0.25) is 9.59 Å². The number of carbonyl (C=O) groups excluding carboxylic acids is 2. The van der Waals surface area contributed by atoms with Crippen LogP contribution < -0.4 is 24.8 Å². The van der Waals surface area contributed by atoms with E-state index >= 15 is 0 Å². The quantitative estimate of drug-likeness (QED) is 0.204. The molecule has 0 heterocycles. The van der Waals surface area contributed by atoms with Gasteiger partial charge in [0.2, 0.25) is 0 Å². The highest BCUT2D eigenvalue weighted by atomic mass is 16.5. The maximum Gasteiger partial charge on any atom is 0.308 e. The van der Waals surface area contributed by atoms with Crippen LogP contribution in [0, 0.1) is 20.8 Å². The van der Waals surface area contributed by atoms with Crippen molar-refractivity contribution in [1.82, 2.24) is 10.6 Å². The fourth-order valence-corrected chi connectivity index (χ4v) is 4.54. The molecule has 43 heavy (non-hydrogen) atoms. The summed E-state index contributed by atoms with van der Waals surface area (Å²) in [6.07, 6.45) is 1.22. The first-order valence-corrected chi connectivity index (χ1v) is 15.1. The number of ketones is 1. The summed E-state index contributed by atoms with van der Waals surface area (Å²) in [6, 6.07) is 7.74. The van der Waals surface area contributed by atoms with Gasteiger partial charge in [-0.15, -0.1) is 0 Å².